The summed E-state index contributed by atoms with van der Waals surface area (Å²) in [5, 5.41) is 3.99. The molecule has 0 saturated carbocycles. The summed E-state index contributed by atoms with van der Waals surface area (Å²) < 4.78 is 35.0. The number of aromatic nitrogens is 2. The lowest BCUT2D eigenvalue weighted by Crippen LogP contribution is -2.28. The van der Waals surface area contributed by atoms with Gasteiger partial charge in [0.25, 0.3) is 0 Å². The summed E-state index contributed by atoms with van der Waals surface area (Å²) in [6.45, 7) is 0. The lowest BCUT2D eigenvalue weighted by molar-refractivity contribution is 0.414. The molecule has 83 heavy (non-hydrogen) atoms. The summed E-state index contributed by atoms with van der Waals surface area (Å²) in [6, 6.07) is 78.1. The Balaban J connectivity index is 1.08. The van der Waals surface area contributed by atoms with E-state index in [-0.39, 0.29) is 0 Å². The second-order valence-electron chi connectivity index (χ2n) is 21.2. The van der Waals surface area contributed by atoms with Crippen molar-refractivity contribution in [2.75, 3.05) is 42.7 Å². The van der Waals surface area contributed by atoms with Crippen molar-refractivity contribution in [2.45, 2.75) is 10.8 Å². The molecule has 402 valence electrons. The van der Waals surface area contributed by atoms with E-state index in [4.69, 9.17) is 38.4 Å². The number of hydrogen-bond acceptors (Lipinski definition) is 9. The third kappa shape index (κ3) is 7.17. The average Bonchev–Trinajstić information content (AvgIpc) is 2.72. The van der Waals surface area contributed by atoms with E-state index in [1.807, 2.05) is 12.1 Å². The number of hydrogen-bond donors (Lipinski definition) is 0. The highest BCUT2D eigenvalue weighted by molar-refractivity contribution is 7.21. The van der Waals surface area contributed by atoms with E-state index in [9.17, 15) is 0 Å². The van der Waals surface area contributed by atoms with Crippen molar-refractivity contribution in [3.8, 4) is 77.6 Å². The second-order valence-corrected chi connectivity index (χ2v) is 22.2. The van der Waals surface area contributed by atoms with Crippen LogP contribution in [-0.2, 0) is 10.8 Å². The van der Waals surface area contributed by atoms with Crippen LogP contribution in [0.2, 0.25) is 0 Å². The minimum Gasteiger partial charge on any atom is -0.497 e. The summed E-state index contributed by atoms with van der Waals surface area (Å²) in [4.78, 5) is 14.0. The Morgan fingerprint density at radius 2 is 0.578 bits per heavy atom. The smallest absolute Gasteiger partial charge is 0.119 e. The Bertz CT molecular complexity index is 4350. The van der Waals surface area contributed by atoms with E-state index in [0.29, 0.717) is 0 Å². The van der Waals surface area contributed by atoms with Crippen LogP contribution in [0.25, 0.3) is 86.7 Å². The van der Waals surface area contributed by atoms with Crippen LogP contribution in [0.15, 0.2) is 218 Å². The lowest BCUT2D eigenvalue weighted by Gasteiger charge is -2.34. The molecule has 2 aliphatic rings. The highest BCUT2D eigenvalue weighted by Crippen LogP contribution is 2.63. The van der Waals surface area contributed by atoms with Gasteiger partial charge in [-0.25, -0.2) is 9.97 Å². The predicted molar refractivity (Wildman–Crippen MR) is 335 cm³/mol. The Hall–Kier alpha value is -9.96. The summed E-state index contributed by atoms with van der Waals surface area (Å²) in [6.07, 6.45) is 0. The summed E-state index contributed by atoms with van der Waals surface area (Å²) in [5.41, 5.74) is 17.6. The summed E-state index contributed by atoms with van der Waals surface area (Å²) in [5.74, 6) is 4.64. The molecule has 0 saturated heterocycles. The number of thiophene rings is 1. The maximum absolute atomic E-state index is 5.98. The summed E-state index contributed by atoms with van der Waals surface area (Å²) >= 11 is 1.76. The Morgan fingerprint density at radius 3 is 0.916 bits per heavy atom. The number of methoxy groups -OCH3 is 6. The van der Waals surface area contributed by atoms with Gasteiger partial charge in [0.1, 0.15) is 45.5 Å². The first-order chi connectivity index (χ1) is 40.8. The first kappa shape index (κ1) is 50.0. The van der Waals surface area contributed by atoms with Crippen molar-refractivity contribution < 1.29 is 28.4 Å². The van der Waals surface area contributed by atoms with Gasteiger partial charge in [0.05, 0.1) is 74.3 Å². The van der Waals surface area contributed by atoms with Gasteiger partial charge in [-0.05, 0) is 162 Å². The van der Waals surface area contributed by atoms with Crippen molar-refractivity contribution in [1.29, 1.82) is 0 Å². The Morgan fingerprint density at radius 1 is 0.277 bits per heavy atom. The maximum atomic E-state index is 5.98. The monoisotopic (exact) mass is 1100 g/mol. The molecule has 0 bridgehead atoms. The van der Waals surface area contributed by atoms with Crippen molar-refractivity contribution >= 4 is 54.9 Å². The van der Waals surface area contributed by atoms with Crippen molar-refractivity contribution in [1.82, 2.24) is 9.97 Å². The van der Waals surface area contributed by atoms with E-state index in [1.54, 1.807) is 54.0 Å². The van der Waals surface area contributed by atoms with Gasteiger partial charge in [0.15, 0.2) is 0 Å². The van der Waals surface area contributed by atoms with Crippen molar-refractivity contribution in [3.05, 3.63) is 263 Å². The number of ether oxygens (including phenoxy) is 6. The molecule has 2 aromatic heterocycles. The molecule has 0 aliphatic heterocycles. The minimum atomic E-state index is -0.727. The molecule has 8 nitrogen and oxygen atoms in total. The van der Waals surface area contributed by atoms with Crippen LogP contribution in [0, 0.1) is 0 Å². The van der Waals surface area contributed by atoms with Gasteiger partial charge in [0.2, 0.25) is 0 Å². The highest BCUT2D eigenvalue weighted by Gasteiger charge is 2.49. The number of nitrogens with zero attached hydrogens (tertiary/aromatic N) is 2. The van der Waals surface area contributed by atoms with Crippen LogP contribution in [0.4, 0.5) is 0 Å². The molecule has 0 amide bonds. The van der Waals surface area contributed by atoms with Crippen LogP contribution in [0.1, 0.15) is 44.5 Å². The molecule has 0 atom stereocenters. The molecule has 0 unspecified atom stereocenters. The van der Waals surface area contributed by atoms with Crippen LogP contribution in [0.5, 0.6) is 34.5 Å². The number of fused-ring (bicyclic) bond motifs is 13. The van der Waals surface area contributed by atoms with Crippen LogP contribution >= 0.6 is 11.3 Å². The van der Waals surface area contributed by atoms with E-state index >= 15 is 0 Å². The van der Waals surface area contributed by atoms with Gasteiger partial charge in [-0.2, -0.15) is 0 Å². The van der Waals surface area contributed by atoms with E-state index in [1.165, 1.54) is 11.1 Å². The van der Waals surface area contributed by atoms with Gasteiger partial charge >= 0.3 is 0 Å². The standard InChI is InChI=1S/C74H54N2O6S/c1-77-47-29-21-43(22-30-47)73(44-23-31-48(78-2)32-24-44)61-17-9-7-13-55(61)65-57(15-11-19-63(65)73)71-69-70(76-68-60-42-52(82-6)38-40-54(60)53-39-37-51(81-5)41-59(53)67(68)75-69)72(83-71)58-16-12-20-64-66(58)56-14-8-10-18-62(56)74(64,45-25-33-49(79-3)34-26-45)46-27-35-50(80-4)36-28-46/h7-42H,1-6H3. The van der Waals surface area contributed by atoms with E-state index in [0.717, 1.165) is 155 Å². The molecule has 0 spiro atoms. The van der Waals surface area contributed by atoms with Gasteiger partial charge in [-0.3, -0.25) is 0 Å². The molecule has 9 heteroatoms. The Kier molecular flexibility index (Phi) is 11.7. The zero-order valence-corrected chi connectivity index (χ0v) is 47.4. The normalized spacial score (nSPS) is 13.4. The fourth-order valence-corrected chi connectivity index (χ4v) is 15.1. The molecule has 2 aliphatic carbocycles. The zero-order valence-electron chi connectivity index (χ0n) is 46.5. The van der Waals surface area contributed by atoms with Gasteiger partial charge in [-0.1, -0.05) is 133 Å². The van der Waals surface area contributed by atoms with Crippen LogP contribution in [0.3, 0.4) is 0 Å². The van der Waals surface area contributed by atoms with E-state index < -0.39 is 10.8 Å². The quantitative estimate of drug-likeness (QED) is 0.112. The zero-order chi connectivity index (χ0) is 56.1. The van der Waals surface area contributed by atoms with Crippen LogP contribution in [-0.4, -0.2) is 52.6 Å². The number of rotatable bonds is 12. The molecule has 0 N–H and O–H groups in total. The second kappa shape index (κ2) is 19.4. The predicted octanol–water partition coefficient (Wildman–Crippen LogP) is 17.3. The fourth-order valence-electron chi connectivity index (χ4n) is 13.8. The molecule has 11 aromatic carbocycles. The SMILES string of the molecule is COc1ccc(C2(c3ccc(OC)cc3)c3ccccc3-c3c(-c4sc(-c5cccc6c5-c5ccccc5C6(c5ccc(OC)cc5)c5ccc(OC)cc5)c5nc6c7cc(OC)ccc7c7ccc(OC)cc7c6nc45)cccc32)cc1. The molecule has 2 heterocycles. The maximum Gasteiger partial charge on any atom is 0.119 e. The third-order valence-electron chi connectivity index (χ3n) is 17.5. The summed E-state index contributed by atoms with van der Waals surface area (Å²) in [7, 11) is 10.3. The van der Waals surface area contributed by atoms with Gasteiger partial charge in [0, 0.05) is 21.9 Å². The van der Waals surface area contributed by atoms with Crippen LogP contribution < -0.4 is 28.4 Å². The third-order valence-corrected chi connectivity index (χ3v) is 18.7. The minimum absolute atomic E-state index is 0.727. The first-order valence-electron chi connectivity index (χ1n) is 27.6. The first-order valence-corrected chi connectivity index (χ1v) is 28.4. The largest absolute Gasteiger partial charge is 0.497 e. The fraction of sp³-hybridized carbons (Fsp3) is 0.108. The highest BCUT2D eigenvalue weighted by atomic mass is 32.1. The molecular formula is C74H54N2O6S. The molecular weight excluding hydrogens is 1040 g/mol. The average molecular weight is 1100 g/mol. The van der Waals surface area contributed by atoms with Gasteiger partial charge in [-0.15, -0.1) is 11.3 Å². The van der Waals surface area contributed by atoms with E-state index in [2.05, 4.69) is 206 Å². The topological polar surface area (TPSA) is 81.2 Å². The van der Waals surface area contributed by atoms with Crippen molar-refractivity contribution in [2.24, 2.45) is 0 Å². The molecule has 0 radical (unpaired) electrons. The molecule has 0 fully saturated rings. The van der Waals surface area contributed by atoms with Crippen molar-refractivity contribution in [3.63, 3.8) is 0 Å². The number of benzene rings is 11. The Labute approximate surface area is 484 Å². The van der Waals surface area contributed by atoms with Gasteiger partial charge < -0.3 is 28.4 Å². The lowest BCUT2D eigenvalue weighted by atomic mass is 9.67. The molecule has 15 rings (SSSR count). The molecule has 13 aromatic rings.